The number of carbonyl (C=O) groups is 3. The number of aromatic nitrogens is 4. The predicted octanol–water partition coefficient (Wildman–Crippen LogP) is 2.58. The van der Waals surface area contributed by atoms with Crippen molar-refractivity contribution in [2.45, 2.75) is 53.8 Å². The molecule has 0 spiro atoms. The van der Waals surface area contributed by atoms with Gasteiger partial charge in [-0.05, 0) is 102 Å². The number of aryl methyl sites for hydroxylation is 2. The van der Waals surface area contributed by atoms with Gasteiger partial charge in [0.05, 0.1) is 46.6 Å². The molecule has 6 rings (SSSR count). The first-order chi connectivity index (χ1) is 29.8. The Morgan fingerprint density at radius 1 is 0.619 bits per heavy atom. The highest BCUT2D eigenvalue weighted by atomic mass is 16.4. The molecule has 0 saturated carbocycles. The van der Waals surface area contributed by atoms with Gasteiger partial charge >= 0.3 is 11.1 Å². The van der Waals surface area contributed by atoms with Crippen LogP contribution in [0.5, 0.6) is 11.8 Å². The van der Waals surface area contributed by atoms with Crippen molar-refractivity contribution in [3.63, 3.8) is 0 Å². The minimum Gasteiger partial charge on any atom is -0.547 e. The van der Waals surface area contributed by atoms with Crippen molar-refractivity contribution >= 4 is 46.3 Å². The number of aliphatic carboxylic acids is 2. The number of nitrogens with one attached hydrogen (secondary N) is 3. The Hall–Kier alpha value is -8.23. The monoisotopic (exact) mass is 861 g/mol. The van der Waals surface area contributed by atoms with E-state index >= 15 is 0 Å². The topological polar surface area (TPSA) is 313 Å². The Labute approximate surface area is 358 Å². The fourth-order valence-electron chi connectivity index (χ4n) is 5.41. The molecule has 0 fully saturated rings. The number of amides is 1. The van der Waals surface area contributed by atoms with E-state index < -0.39 is 47.0 Å². The van der Waals surface area contributed by atoms with Gasteiger partial charge in [-0.2, -0.15) is 19.4 Å². The summed E-state index contributed by atoms with van der Waals surface area (Å²) in [6, 6.07) is 20.4. The van der Waals surface area contributed by atoms with Crippen LogP contribution in [-0.2, 0) is 9.59 Å². The van der Waals surface area contributed by atoms with Crippen LogP contribution in [0.2, 0.25) is 0 Å². The van der Waals surface area contributed by atoms with E-state index in [0.717, 1.165) is 25.0 Å². The summed E-state index contributed by atoms with van der Waals surface area (Å²) in [5.41, 5.74) is 4.45. The van der Waals surface area contributed by atoms with E-state index in [4.69, 9.17) is 10.2 Å². The number of rotatable bonds is 10. The molecule has 7 N–H and O–H groups in total. The molecule has 0 radical (unpaired) electrons. The summed E-state index contributed by atoms with van der Waals surface area (Å²) < 4.78 is 3.33. The lowest BCUT2D eigenvalue weighted by Crippen LogP contribution is -2.38. The standard InChI is InChI=1S/C37H31N9O5.2C3H6O3/c1-21-7-5-17-45(19-21)31-23(3)29(34(48)39-36(31)50)43-41-27-11-9-25(10-12-27)33(47)38-26-13-15-28(16-14-26)42-44-30-24(4)32(37(51)40-35(30)49)46-18-6-8-22(2)20-46;2*1-2(4)3(5)6/h5-20H,1-4H3,(H3-2,38,39,40,41,42,43,44,47,48,49,50,51);2*2,4H,1H3,(H,5,6). The molecule has 0 aliphatic rings. The minimum absolute atomic E-state index is 0.111. The maximum absolute atomic E-state index is 13.0. The van der Waals surface area contributed by atoms with E-state index in [1.807, 2.05) is 38.1 Å². The number of aliphatic hydroxyl groups is 2. The van der Waals surface area contributed by atoms with Crippen LogP contribution in [0.15, 0.2) is 128 Å². The average Bonchev–Trinajstić information content (AvgIpc) is 3.21. The van der Waals surface area contributed by atoms with Crippen molar-refractivity contribution in [2.75, 3.05) is 5.32 Å². The van der Waals surface area contributed by atoms with Crippen LogP contribution in [0.1, 0.15) is 46.5 Å². The lowest BCUT2D eigenvalue weighted by atomic mass is 10.2. The first-order valence-corrected chi connectivity index (χ1v) is 18.8. The van der Waals surface area contributed by atoms with E-state index in [9.17, 15) is 44.4 Å². The number of carboxylic acids is 2. The SMILES string of the molecule is CC(O)C(=O)[O-].CC(O)C(=O)[O-].Cc1ccc[n+](-c2c(C)c(N=Nc3ccc(NC(=O)c4ccc(N=Nc5c(O)[nH]c(=O)c(-[n+]6cccc(C)c6)c5C)cc4)cc3)c(O)[nH]c2=O)c1. The summed E-state index contributed by atoms with van der Waals surface area (Å²) in [7, 11) is 0. The molecule has 1 amide bonds. The van der Waals surface area contributed by atoms with Gasteiger partial charge < -0.3 is 45.5 Å². The Morgan fingerprint density at radius 3 is 1.33 bits per heavy atom. The molecule has 326 valence electrons. The van der Waals surface area contributed by atoms with Crippen LogP contribution in [0.4, 0.5) is 28.4 Å². The molecule has 20 heteroatoms. The zero-order chi connectivity index (χ0) is 46.5. The summed E-state index contributed by atoms with van der Waals surface area (Å²) in [5, 5.41) is 75.1. The maximum atomic E-state index is 13.0. The number of hydrogen-bond donors (Lipinski definition) is 7. The summed E-state index contributed by atoms with van der Waals surface area (Å²) in [5.74, 6) is -4.04. The quantitative estimate of drug-likeness (QED) is 0.0775. The summed E-state index contributed by atoms with van der Waals surface area (Å²) in [6.45, 7) is 9.44. The summed E-state index contributed by atoms with van der Waals surface area (Å²) >= 11 is 0. The number of benzene rings is 2. The Morgan fingerprint density at radius 2 is 0.984 bits per heavy atom. The van der Waals surface area contributed by atoms with Crippen molar-refractivity contribution in [3.8, 4) is 23.1 Å². The number of anilines is 1. The second-order valence-electron chi connectivity index (χ2n) is 13.8. The molecule has 4 aromatic heterocycles. The highest BCUT2D eigenvalue weighted by Crippen LogP contribution is 2.32. The molecule has 2 unspecified atom stereocenters. The molecular weight excluding hydrogens is 819 g/mol. The molecule has 63 heavy (non-hydrogen) atoms. The second kappa shape index (κ2) is 21.3. The van der Waals surface area contributed by atoms with Crippen LogP contribution in [0, 0.1) is 27.7 Å². The zero-order valence-corrected chi connectivity index (χ0v) is 34.7. The third-order valence-corrected chi connectivity index (χ3v) is 8.64. The third kappa shape index (κ3) is 12.9. The lowest BCUT2D eigenvalue weighted by molar-refractivity contribution is -0.597. The van der Waals surface area contributed by atoms with Crippen molar-refractivity contribution in [1.82, 2.24) is 9.97 Å². The second-order valence-corrected chi connectivity index (χ2v) is 13.8. The average molecular weight is 862 g/mol. The van der Waals surface area contributed by atoms with Gasteiger partial charge in [0.25, 0.3) is 17.3 Å². The fraction of sp³-hybridized carbons (Fsp3) is 0.186. The highest BCUT2D eigenvalue weighted by Gasteiger charge is 2.23. The molecule has 0 aliphatic carbocycles. The maximum Gasteiger partial charge on any atom is 0.323 e. The number of nitrogens with zero attached hydrogens (tertiary/aromatic N) is 6. The third-order valence-electron chi connectivity index (χ3n) is 8.64. The van der Waals surface area contributed by atoms with Crippen LogP contribution < -0.4 is 35.8 Å². The normalized spacial score (nSPS) is 11.8. The number of carbonyl (C=O) groups excluding carboxylic acids is 3. The molecule has 0 bridgehead atoms. The number of azo groups is 2. The molecule has 0 aliphatic heterocycles. The van der Waals surface area contributed by atoms with Gasteiger partial charge in [-0.1, -0.05) is 0 Å². The predicted molar refractivity (Wildman–Crippen MR) is 222 cm³/mol. The van der Waals surface area contributed by atoms with Gasteiger partial charge in [0.15, 0.2) is 36.2 Å². The number of aromatic amines is 2. The van der Waals surface area contributed by atoms with E-state index in [0.29, 0.717) is 45.1 Å². The van der Waals surface area contributed by atoms with Crippen LogP contribution in [0.3, 0.4) is 0 Å². The Bertz CT molecular complexity index is 2780. The first kappa shape index (κ1) is 47.4. The minimum atomic E-state index is -1.44. The van der Waals surface area contributed by atoms with Crippen LogP contribution >= 0.6 is 0 Å². The molecule has 20 nitrogen and oxygen atoms in total. The van der Waals surface area contributed by atoms with E-state index in [2.05, 4.69) is 35.7 Å². The van der Waals surface area contributed by atoms with E-state index in [-0.39, 0.29) is 17.3 Å². The number of carboxylic acid groups (broad SMARTS) is 2. The number of pyridine rings is 4. The zero-order valence-electron chi connectivity index (χ0n) is 34.7. The van der Waals surface area contributed by atoms with Crippen LogP contribution in [0.25, 0.3) is 11.4 Å². The number of hydrogen-bond acceptors (Lipinski definition) is 15. The van der Waals surface area contributed by atoms with Gasteiger partial charge in [-0.3, -0.25) is 24.4 Å². The van der Waals surface area contributed by atoms with Crippen molar-refractivity contribution in [3.05, 3.63) is 146 Å². The largest absolute Gasteiger partial charge is 0.547 e. The molecular formula is C43H43N9O11. The molecule has 4 heterocycles. The number of H-pyrrole nitrogens is 2. The van der Waals surface area contributed by atoms with Gasteiger partial charge in [-0.25, -0.2) is 0 Å². The summed E-state index contributed by atoms with van der Waals surface area (Å²) in [4.78, 5) is 61.8. The molecule has 2 atom stereocenters. The van der Waals surface area contributed by atoms with Crippen molar-refractivity contribution < 1.29 is 54.2 Å². The lowest BCUT2D eigenvalue weighted by Gasteiger charge is -2.07. The van der Waals surface area contributed by atoms with Gasteiger partial charge in [0.2, 0.25) is 11.8 Å². The van der Waals surface area contributed by atoms with E-state index in [1.165, 1.54) is 0 Å². The van der Waals surface area contributed by atoms with Crippen molar-refractivity contribution in [2.24, 2.45) is 20.5 Å². The smallest absolute Gasteiger partial charge is 0.323 e. The van der Waals surface area contributed by atoms with Crippen LogP contribution in [-0.4, -0.2) is 60.4 Å². The molecule has 6 aromatic rings. The van der Waals surface area contributed by atoms with Gasteiger partial charge in [0.1, 0.15) is 0 Å². The van der Waals surface area contributed by atoms with Crippen molar-refractivity contribution in [1.29, 1.82) is 0 Å². The highest BCUT2D eigenvalue weighted by molar-refractivity contribution is 6.04. The fourth-order valence-corrected chi connectivity index (χ4v) is 5.41. The number of aliphatic hydroxyl groups excluding tert-OH is 2. The van der Waals surface area contributed by atoms with Gasteiger partial charge in [-0.15, -0.1) is 10.2 Å². The first-order valence-electron chi connectivity index (χ1n) is 18.8. The molecule has 0 saturated heterocycles. The van der Waals surface area contributed by atoms with Gasteiger partial charge in [0, 0.05) is 34.5 Å². The Balaban J connectivity index is 0.000000639. The number of aromatic hydroxyl groups is 2. The Kier molecular flexibility index (Phi) is 16.1. The summed E-state index contributed by atoms with van der Waals surface area (Å²) in [6.07, 6.45) is 4.38. The van der Waals surface area contributed by atoms with E-state index in [1.54, 1.807) is 96.3 Å². The molecule has 2 aromatic carbocycles.